The second kappa shape index (κ2) is 11.6. The molecule has 1 unspecified atom stereocenters. The summed E-state index contributed by atoms with van der Waals surface area (Å²) in [4.78, 5) is 54.5. The van der Waals surface area contributed by atoms with Crippen LogP contribution in [-0.4, -0.2) is 72.7 Å². The number of rotatable bonds is 5. The van der Waals surface area contributed by atoms with Crippen LogP contribution in [0, 0.1) is 11.3 Å². The third-order valence-electron chi connectivity index (χ3n) is 6.04. The first-order valence-corrected chi connectivity index (χ1v) is 13.4. The first-order valence-electron chi connectivity index (χ1n) is 12.2. The molecule has 1 aromatic heterocycles. The lowest BCUT2D eigenvalue weighted by Crippen LogP contribution is -2.45. The number of hydrogen-bond acceptors (Lipinski definition) is 8. The van der Waals surface area contributed by atoms with Crippen LogP contribution in [0.3, 0.4) is 0 Å². The zero-order valence-electron chi connectivity index (χ0n) is 21.7. The summed E-state index contributed by atoms with van der Waals surface area (Å²) in [6, 6.07) is 8.48. The molecule has 2 aliphatic heterocycles. The first kappa shape index (κ1) is 28.4. The van der Waals surface area contributed by atoms with Gasteiger partial charge in [0.2, 0.25) is 5.91 Å². The highest BCUT2D eigenvalue weighted by Gasteiger charge is 2.42. The molecule has 11 nitrogen and oxygen atoms in total. The number of carbonyl (C=O) groups excluding carboxylic acids is 4. The van der Waals surface area contributed by atoms with Crippen molar-refractivity contribution < 1.29 is 28.7 Å². The molecule has 2 atom stereocenters. The van der Waals surface area contributed by atoms with E-state index in [1.165, 1.54) is 15.9 Å². The predicted molar refractivity (Wildman–Crippen MR) is 145 cm³/mol. The summed E-state index contributed by atoms with van der Waals surface area (Å²) in [5.74, 6) is -1.12. The maximum Gasteiger partial charge on any atom is 0.411 e. The van der Waals surface area contributed by atoms with E-state index in [0.29, 0.717) is 28.1 Å². The molecule has 39 heavy (non-hydrogen) atoms. The van der Waals surface area contributed by atoms with Crippen molar-refractivity contribution in [2.45, 2.75) is 44.9 Å². The zero-order valence-corrected chi connectivity index (χ0v) is 23.2. The minimum atomic E-state index is -0.968. The number of carbonyl (C=O) groups is 4. The molecule has 0 saturated carbocycles. The maximum atomic E-state index is 13.4. The minimum absolute atomic E-state index is 0.0419. The predicted octanol–water partition coefficient (Wildman–Crippen LogP) is 3.38. The normalized spacial score (nSPS) is 19.4. The van der Waals surface area contributed by atoms with Crippen molar-refractivity contribution >= 4 is 58.1 Å². The molecule has 1 aromatic carbocycles. The Hall–Kier alpha value is -3.66. The minimum Gasteiger partial charge on any atom is -0.444 e. The van der Waals surface area contributed by atoms with Crippen molar-refractivity contribution in [3.63, 3.8) is 0 Å². The molecule has 206 valence electrons. The van der Waals surface area contributed by atoms with Gasteiger partial charge in [0.15, 0.2) is 0 Å². The average Bonchev–Trinajstić information content (AvgIpc) is 3.50. The lowest BCUT2D eigenvalue weighted by atomic mass is 10.1. The van der Waals surface area contributed by atoms with Gasteiger partial charge in [-0.2, -0.15) is 5.26 Å². The number of anilines is 2. The van der Waals surface area contributed by atoms with Crippen molar-refractivity contribution in [1.29, 1.82) is 5.26 Å². The zero-order chi connectivity index (χ0) is 28.3. The van der Waals surface area contributed by atoms with Crippen molar-refractivity contribution in [2.24, 2.45) is 0 Å². The Kier molecular flexibility index (Phi) is 8.44. The molecule has 0 spiro atoms. The molecule has 2 aromatic rings. The highest BCUT2D eigenvalue weighted by Crippen LogP contribution is 2.28. The average molecular weight is 574 g/mol. The van der Waals surface area contributed by atoms with Gasteiger partial charge in [0.05, 0.1) is 27.1 Å². The Balaban J connectivity index is 1.52. The second-order valence-corrected chi connectivity index (χ2v) is 11.8. The lowest BCUT2D eigenvalue weighted by Gasteiger charge is -2.28. The summed E-state index contributed by atoms with van der Waals surface area (Å²) in [6.07, 6.45) is -0.557. The number of morpholine rings is 1. The van der Waals surface area contributed by atoms with E-state index in [1.807, 2.05) is 0 Å². The monoisotopic (exact) mass is 573 g/mol. The number of ether oxygens (including phenoxy) is 2. The van der Waals surface area contributed by atoms with Gasteiger partial charge >= 0.3 is 6.09 Å². The van der Waals surface area contributed by atoms with Crippen LogP contribution in [0.25, 0.3) is 0 Å². The number of halogens is 1. The van der Waals surface area contributed by atoms with E-state index in [0.717, 1.165) is 11.3 Å². The molecule has 13 heteroatoms. The molecular weight excluding hydrogens is 546 g/mol. The number of likely N-dealkylation sites (tertiary alicyclic amines) is 1. The van der Waals surface area contributed by atoms with Crippen LogP contribution in [0.4, 0.5) is 16.2 Å². The summed E-state index contributed by atoms with van der Waals surface area (Å²) >= 11 is 7.07. The molecule has 0 aliphatic carbocycles. The Labute approximate surface area is 234 Å². The fourth-order valence-electron chi connectivity index (χ4n) is 4.31. The van der Waals surface area contributed by atoms with Crippen LogP contribution >= 0.6 is 22.9 Å². The molecule has 4 rings (SSSR count). The van der Waals surface area contributed by atoms with Crippen molar-refractivity contribution in [1.82, 2.24) is 10.2 Å². The summed E-state index contributed by atoms with van der Waals surface area (Å²) in [6.45, 7) is 5.90. The van der Waals surface area contributed by atoms with Gasteiger partial charge in [-0.25, -0.2) is 4.79 Å². The standard InChI is InChI=1S/C26H28ClN5O6S/c1-26(2,3)38-25(36)32-13-16(29-24(35)20-6-7-21(27)39-20)11-19(32)23(34)30-18-5-4-17(10-15(18)12-28)31-8-9-37-14-22(31)33/h4-7,10,16,19H,8-9,11,13-14H2,1-3H3,(H,29,35)(H,30,34)/t16-,19?/m0/s1. The molecule has 0 radical (unpaired) electrons. The molecule has 2 saturated heterocycles. The molecule has 4 amide bonds. The van der Waals surface area contributed by atoms with Crippen LogP contribution in [0.15, 0.2) is 30.3 Å². The van der Waals surface area contributed by atoms with Crippen LogP contribution < -0.4 is 15.5 Å². The summed E-state index contributed by atoms with van der Waals surface area (Å²) in [5.41, 5.74) is 0.109. The van der Waals surface area contributed by atoms with E-state index in [-0.39, 0.29) is 42.6 Å². The Bertz CT molecular complexity index is 1330. The van der Waals surface area contributed by atoms with E-state index in [4.69, 9.17) is 21.1 Å². The first-order chi connectivity index (χ1) is 18.4. The van der Waals surface area contributed by atoms with Gasteiger partial charge in [0.1, 0.15) is 24.3 Å². The van der Waals surface area contributed by atoms with E-state index < -0.39 is 29.7 Å². The topological polar surface area (TPSA) is 141 Å². The van der Waals surface area contributed by atoms with Gasteiger partial charge in [-0.1, -0.05) is 11.6 Å². The number of benzene rings is 1. The largest absolute Gasteiger partial charge is 0.444 e. The third kappa shape index (κ3) is 6.86. The van der Waals surface area contributed by atoms with Gasteiger partial charge in [-0.3, -0.25) is 19.3 Å². The number of thiophene rings is 1. The molecule has 0 bridgehead atoms. The number of nitrogens with zero attached hydrogens (tertiary/aromatic N) is 3. The lowest BCUT2D eigenvalue weighted by molar-refractivity contribution is -0.125. The van der Waals surface area contributed by atoms with E-state index >= 15 is 0 Å². The fourth-order valence-corrected chi connectivity index (χ4v) is 5.26. The Morgan fingerprint density at radius 3 is 2.64 bits per heavy atom. The van der Waals surface area contributed by atoms with E-state index in [2.05, 4.69) is 16.7 Å². The van der Waals surface area contributed by atoms with Crippen molar-refractivity contribution in [2.75, 3.05) is 36.5 Å². The smallest absolute Gasteiger partial charge is 0.411 e. The summed E-state index contributed by atoms with van der Waals surface area (Å²) in [7, 11) is 0. The summed E-state index contributed by atoms with van der Waals surface area (Å²) in [5, 5.41) is 15.3. The van der Waals surface area contributed by atoms with Crippen molar-refractivity contribution in [3.8, 4) is 6.07 Å². The molecule has 2 fully saturated rings. The Morgan fingerprint density at radius 1 is 1.23 bits per heavy atom. The van der Waals surface area contributed by atoms with E-state index in [9.17, 15) is 24.4 Å². The highest BCUT2D eigenvalue weighted by atomic mass is 35.5. The fraction of sp³-hybridized carbons (Fsp3) is 0.423. The quantitative estimate of drug-likeness (QED) is 0.558. The van der Waals surface area contributed by atoms with Gasteiger partial charge in [-0.05, 0) is 57.5 Å². The molecule has 3 heterocycles. The van der Waals surface area contributed by atoms with Gasteiger partial charge in [-0.15, -0.1) is 11.3 Å². The van der Waals surface area contributed by atoms with Crippen LogP contribution in [-0.2, 0) is 19.1 Å². The van der Waals surface area contributed by atoms with Crippen LogP contribution in [0.1, 0.15) is 42.4 Å². The third-order valence-corrected chi connectivity index (χ3v) is 7.27. The van der Waals surface area contributed by atoms with E-state index in [1.54, 1.807) is 45.0 Å². The molecular formula is C26H28ClN5O6S. The number of hydrogen-bond donors (Lipinski definition) is 2. The van der Waals surface area contributed by atoms with Gasteiger partial charge in [0, 0.05) is 24.8 Å². The van der Waals surface area contributed by atoms with Gasteiger partial charge < -0.3 is 25.0 Å². The number of nitrogens with one attached hydrogen (secondary N) is 2. The number of amides is 4. The second-order valence-electron chi connectivity index (χ2n) is 10.1. The van der Waals surface area contributed by atoms with Crippen LogP contribution in [0.5, 0.6) is 0 Å². The molecule has 2 aliphatic rings. The molecule has 2 N–H and O–H groups in total. The highest BCUT2D eigenvalue weighted by molar-refractivity contribution is 7.18. The van der Waals surface area contributed by atoms with Crippen LogP contribution in [0.2, 0.25) is 4.34 Å². The SMILES string of the molecule is CC(C)(C)OC(=O)N1C[C@@H](NC(=O)c2ccc(Cl)s2)CC1C(=O)Nc1ccc(N2CCOCC2=O)cc1C#N. The summed E-state index contributed by atoms with van der Waals surface area (Å²) < 4.78 is 11.1. The maximum absolute atomic E-state index is 13.4. The van der Waals surface area contributed by atoms with Crippen molar-refractivity contribution in [3.05, 3.63) is 45.1 Å². The van der Waals surface area contributed by atoms with Gasteiger partial charge in [0.25, 0.3) is 11.8 Å². The number of nitriles is 1. The Morgan fingerprint density at radius 2 is 2.00 bits per heavy atom.